The van der Waals surface area contributed by atoms with E-state index in [2.05, 4.69) is 10.1 Å². The SMILES string of the molecule is CC.Nc1cc(C(F)(F)F)ccc1C(=O)Nc1ccc(OC(F)(F)F)cc1. The van der Waals surface area contributed by atoms with Gasteiger partial charge >= 0.3 is 12.5 Å². The van der Waals surface area contributed by atoms with Crippen molar-refractivity contribution in [1.82, 2.24) is 0 Å². The number of nitrogens with two attached hydrogens (primary N) is 1. The average molecular weight is 394 g/mol. The lowest BCUT2D eigenvalue weighted by Gasteiger charge is -2.12. The predicted octanol–water partition coefficient (Wildman–Crippen LogP) is 5.46. The third-order valence-corrected chi connectivity index (χ3v) is 2.97. The molecule has 2 aromatic carbocycles. The van der Waals surface area contributed by atoms with Gasteiger partial charge in [0.15, 0.2) is 0 Å². The van der Waals surface area contributed by atoms with E-state index < -0.39 is 29.8 Å². The van der Waals surface area contributed by atoms with Crippen LogP contribution in [0.15, 0.2) is 42.5 Å². The van der Waals surface area contributed by atoms with E-state index in [1.807, 2.05) is 13.8 Å². The highest BCUT2D eigenvalue weighted by Crippen LogP contribution is 2.31. The number of carbonyl (C=O) groups excluding carboxylic acids is 1. The predicted molar refractivity (Wildman–Crippen MR) is 88.3 cm³/mol. The molecular weight excluding hydrogens is 378 g/mol. The van der Waals surface area contributed by atoms with Crippen molar-refractivity contribution in [3.63, 3.8) is 0 Å². The third-order valence-electron chi connectivity index (χ3n) is 2.97. The molecule has 0 unspecified atom stereocenters. The van der Waals surface area contributed by atoms with Crippen LogP contribution in [0.3, 0.4) is 0 Å². The van der Waals surface area contributed by atoms with Crippen LogP contribution in [0.4, 0.5) is 37.7 Å². The molecule has 2 aromatic rings. The van der Waals surface area contributed by atoms with Gasteiger partial charge in [0, 0.05) is 11.4 Å². The molecule has 0 saturated carbocycles. The minimum absolute atomic E-state index is 0.110. The molecule has 2 rings (SSSR count). The molecule has 1 amide bonds. The summed E-state index contributed by atoms with van der Waals surface area (Å²) in [7, 11) is 0. The average Bonchev–Trinajstić information content (AvgIpc) is 2.56. The van der Waals surface area contributed by atoms with Gasteiger partial charge in [-0.1, -0.05) is 13.8 Å². The number of ether oxygens (including phenoxy) is 1. The topological polar surface area (TPSA) is 64.4 Å². The summed E-state index contributed by atoms with van der Waals surface area (Å²) < 4.78 is 77.5. The fourth-order valence-corrected chi connectivity index (χ4v) is 1.88. The largest absolute Gasteiger partial charge is 0.573 e. The van der Waals surface area contributed by atoms with Gasteiger partial charge in [-0.25, -0.2) is 0 Å². The van der Waals surface area contributed by atoms with Crippen molar-refractivity contribution in [3.8, 4) is 5.75 Å². The second kappa shape index (κ2) is 8.65. The molecule has 0 aromatic heterocycles. The maximum absolute atomic E-state index is 12.6. The molecule has 27 heavy (non-hydrogen) atoms. The van der Waals surface area contributed by atoms with Gasteiger partial charge in [-0.2, -0.15) is 13.2 Å². The van der Waals surface area contributed by atoms with Crippen LogP contribution in [-0.2, 0) is 6.18 Å². The molecule has 0 aliphatic heterocycles. The zero-order valence-electron chi connectivity index (χ0n) is 14.2. The lowest BCUT2D eigenvalue weighted by molar-refractivity contribution is -0.274. The molecular formula is C17H16F6N2O2. The van der Waals surface area contributed by atoms with Crippen LogP contribution in [0.1, 0.15) is 29.8 Å². The lowest BCUT2D eigenvalue weighted by atomic mass is 10.1. The molecule has 0 atom stereocenters. The summed E-state index contributed by atoms with van der Waals surface area (Å²) in [6, 6.07) is 6.45. The first-order valence-corrected chi connectivity index (χ1v) is 7.59. The highest BCUT2D eigenvalue weighted by atomic mass is 19.4. The molecule has 3 N–H and O–H groups in total. The van der Waals surface area contributed by atoms with Crippen molar-refractivity contribution in [2.75, 3.05) is 11.1 Å². The molecule has 0 bridgehead atoms. The molecule has 0 aliphatic carbocycles. The number of carbonyl (C=O) groups is 1. The van der Waals surface area contributed by atoms with Crippen LogP contribution in [0.5, 0.6) is 5.75 Å². The van der Waals surface area contributed by atoms with Crippen LogP contribution in [0.2, 0.25) is 0 Å². The van der Waals surface area contributed by atoms with Crippen molar-refractivity contribution in [2.45, 2.75) is 26.4 Å². The zero-order valence-corrected chi connectivity index (χ0v) is 14.2. The maximum Gasteiger partial charge on any atom is 0.573 e. The first-order valence-electron chi connectivity index (χ1n) is 7.59. The summed E-state index contributed by atoms with van der Waals surface area (Å²) in [5.41, 5.74) is 3.98. The molecule has 4 nitrogen and oxygen atoms in total. The van der Waals surface area contributed by atoms with Crippen LogP contribution in [0.25, 0.3) is 0 Å². The number of amides is 1. The van der Waals surface area contributed by atoms with Gasteiger partial charge in [-0.05, 0) is 42.5 Å². The highest BCUT2D eigenvalue weighted by molar-refractivity contribution is 6.07. The number of nitrogens with one attached hydrogen (secondary N) is 1. The normalized spacial score (nSPS) is 11.3. The van der Waals surface area contributed by atoms with Gasteiger partial charge in [-0.15, -0.1) is 13.2 Å². The van der Waals surface area contributed by atoms with Crippen LogP contribution in [0, 0.1) is 0 Å². The van der Waals surface area contributed by atoms with Gasteiger partial charge < -0.3 is 15.8 Å². The quantitative estimate of drug-likeness (QED) is 0.536. The fourth-order valence-electron chi connectivity index (χ4n) is 1.88. The molecule has 0 heterocycles. The van der Waals surface area contributed by atoms with Crippen molar-refractivity contribution in [3.05, 3.63) is 53.6 Å². The molecule has 0 spiro atoms. The minimum Gasteiger partial charge on any atom is -0.406 e. The molecule has 10 heteroatoms. The fraction of sp³-hybridized carbons (Fsp3) is 0.235. The number of benzene rings is 2. The second-order valence-corrected chi connectivity index (χ2v) is 4.83. The number of anilines is 2. The van der Waals surface area contributed by atoms with E-state index in [9.17, 15) is 31.1 Å². The zero-order chi connectivity index (χ0) is 20.8. The number of nitrogen functional groups attached to an aromatic ring is 1. The Hall–Kier alpha value is -2.91. The number of rotatable bonds is 3. The Morgan fingerprint density at radius 3 is 1.96 bits per heavy atom. The molecule has 0 saturated heterocycles. The second-order valence-electron chi connectivity index (χ2n) is 4.83. The Morgan fingerprint density at radius 1 is 0.963 bits per heavy atom. The van der Waals surface area contributed by atoms with Crippen molar-refractivity contribution < 1.29 is 35.9 Å². The van der Waals surface area contributed by atoms with Gasteiger partial charge in [0.2, 0.25) is 0 Å². The summed E-state index contributed by atoms with van der Waals surface area (Å²) in [5.74, 6) is -1.30. The Labute approximate surface area is 150 Å². The Kier molecular flexibility index (Phi) is 7.09. The molecule has 0 fully saturated rings. The van der Waals surface area contributed by atoms with Gasteiger partial charge in [0.25, 0.3) is 5.91 Å². The van der Waals surface area contributed by atoms with Crippen molar-refractivity contribution >= 4 is 17.3 Å². The molecule has 0 radical (unpaired) electrons. The molecule has 0 aliphatic rings. The standard InChI is InChI=1S/C15H10F6N2O2.C2H6/c16-14(17,18)8-1-6-11(12(22)7-8)13(24)23-9-2-4-10(5-3-9)25-15(19,20)21;1-2/h1-7H,22H2,(H,23,24);1-2H3. The van der Waals surface area contributed by atoms with E-state index in [-0.39, 0.29) is 16.9 Å². The van der Waals surface area contributed by atoms with E-state index >= 15 is 0 Å². The summed E-state index contributed by atoms with van der Waals surface area (Å²) in [6.07, 6.45) is -9.45. The van der Waals surface area contributed by atoms with E-state index in [0.717, 1.165) is 30.3 Å². The third kappa shape index (κ3) is 6.72. The number of hydrogen-bond acceptors (Lipinski definition) is 3. The monoisotopic (exact) mass is 394 g/mol. The Balaban J connectivity index is 0.00000176. The number of alkyl halides is 6. The van der Waals surface area contributed by atoms with Gasteiger partial charge in [0.05, 0.1) is 11.1 Å². The van der Waals surface area contributed by atoms with Crippen LogP contribution < -0.4 is 15.8 Å². The van der Waals surface area contributed by atoms with E-state index in [1.165, 1.54) is 0 Å². The van der Waals surface area contributed by atoms with E-state index in [1.54, 1.807) is 0 Å². The first kappa shape index (κ1) is 22.1. The lowest BCUT2D eigenvalue weighted by Crippen LogP contribution is -2.17. The maximum atomic E-state index is 12.6. The van der Waals surface area contributed by atoms with Gasteiger partial charge in [-0.3, -0.25) is 4.79 Å². The Morgan fingerprint density at radius 2 is 1.52 bits per heavy atom. The number of halogens is 6. The van der Waals surface area contributed by atoms with Gasteiger partial charge in [0.1, 0.15) is 5.75 Å². The van der Waals surface area contributed by atoms with Crippen LogP contribution >= 0.6 is 0 Å². The van der Waals surface area contributed by atoms with E-state index in [4.69, 9.17) is 5.73 Å². The minimum atomic E-state index is -4.85. The summed E-state index contributed by atoms with van der Waals surface area (Å²) in [6.45, 7) is 4.00. The Bertz CT molecular complexity index is 770. The van der Waals surface area contributed by atoms with E-state index in [0.29, 0.717) is 12.1 Å². The smallest absolute Gasteiger partial charge is 0.406 e. The van der Waals surface area contributed by atoms with Crippen molar-refractivity contribution in [2.24, 2.45) is 0 Å². The number of hydrogen-bond donors (Lipinski definition) is 2. The van der Waals surface area contributed by atoms with Crippen molar-refractivity contribution in [1.29, 1.82) is 0 Å². The molecule has 148 valence electrons. The summed E-state index contributed by atoms with van der Waals surface area (Å²) in [4.78, 5) is 12.0. The summed E-state index contributed by atoms with van der Waals surface area (Å²) in [5, 5.41) is 2.31. The first-order chi connectivity index (χ1) is 12.5. The van der Waals surface area contributed by atoms with Crippen LogP contribution in [-0.4, -0.2) is 12.3 Å². The summed E-state index contributed by atoms with van der Waals surface area (Å²) >= 11 is 0. The highest BCUT2D eigenvalue weighted by Gasteiger charge is 2.32.